The highest BCUT2D eigenvalue weighted by atomic mass is 16.5. The summed E-state index contributed by atoms with van der Waals surface area (Å²) in [5.41, 5.74) is 30.2. The topological polar surface area (TPSA) is 123 Å². The highest BCUT2D eigenvalue weighted by Crippen LogP contribution is 2.22. The molecule has 8 N–H and O–H groups in total. The van der Waals surface area contributed by atoms with Gasteiger partial charge in [-0.1, -0.05) is 48.5 Å². The fourth-order valence-corrected chi connectivity index (χ4v) is 3.15. The summed E-state index contributed by atoms with van der Waals surface area (Å²) in [5, 5.41) is 0. The van der Waals surface area contributed by atoms with Crippen LogP contribution in [0.4, 0.5) is 22.7 Å². The number of hydrogen-bond acceptors (Lipinski definition) is 6. The SMILES string of the molecule is CCOCC.CCOCC.Nc1ccc(-c2ccc(N)cc2)cc1.Nc1ccc(-c2cccc(N)c2)cc1. The molecule has 0 saturated heterocycles. The van der Waals surface area contributed by atoms with E-state index in [9.17, 15) is 0 Å². The van der Waals surface area contributed by atoms with Gasteiger partial charge in [0.1, 0.15) is 0 Å². The normalized spacial score (nSPS) is 9.58. The maximum Gasteiger partial charge on any atom is 0.0437 e. The molecule has 4 aromatic rings. The largest absolute Gasteiger partial charge is 0.399 e. The van der Waals surface area contributed by atoms with Crippen molar-refractivity contribution < 1.29 is 9.47 Å². The van der Waals surface area contributed by atoms with Gasteiger partial charge in [-0.2, -0.15) is 0 Å². The van der Waals surface area contributed by atoms with Crippen LogP contribution in [0.3, 0.4) is 0 Å². The van der Waals surface area contributed by atoms with Crippen LogP contribution in [-0.2, 0) is 9.47 Å². The van der Waals surface area contributed by atoms with Gasteiger partial charge in [-0.05, 0) is 98.5 Å². The van der Waals surface area contributed by atoms with E-state index in [-0.39, 0.29) is 0 Å². The maximum atomic E-state index is 5.70. The Morgan fingerprint density at radius 3 is 0.974 bits per heavy atom. The van der Waals surface area contributed by atoms with E-state index in [1.54, 1.807) is 0 Å². The minimum absolute atomic E-state index is 0.776. The van der Waals surface area contributed by atoms with Crippen LogP contribution < -0.4 is 22.9 Å². The third-order valence-electron chi connectivity index (χ3n) is 5.10. The molecule has 0 aliphatic rings. The number of rotatable bonds is 6. The lowest BCUT2D eigenvalue weighted by Gasteiger charge is -2.02. The zero-order valence-electron chi connectivity index (χ0n) is 23.2. The van der Waals surface area contributed by atoms with Gasteiger partial charge >= 0.3 is 0 Å². The zero-order chi connectivity index (χ0) is 28.2. The van der Waals surface area contributed by atoms with Crippen molar-refractivity contribution in [3.63, 3.8) is 0 Å². The second-order valence-corrected chi connectivity index (χ2v) is 8.05. The van der Waals surface area contributed by atoms with E-state index in [0.29, 0.717) is 0 Å². The van der Waals surface area contributed by atoms with E-state index in [0.717, 1.165) is 71.4 Å². The van der Waals surface area contributed by atoms with Crippen LogP contribution in [0.2, 0.25) is 0 Å². The molecule has 4 aromatic carbocycles. The Labute approximate surface area is 228 Å². The lowest BCUT2D eigenvalue weighted by Crippen LogP contribution is -1.86. The monoisotopic (exact) mass is 516 g/mol. The Morgan fingerprint density at radius 2 is 0.711 bits per heavy atom. The van der Waals surface area contributed by atoms with Gasteiger partial charge < -0.3 is 32.4 Å². The van der Waals surface area contributed by atoms with Crippen molar-refractivity contribution in [3.05, 3.63) is 97.1 Å². The van der Waals surface area contributed by atoms with Crippen LogP contribution in [0.15, 0.2) is 97.1 Å². The predicted octanol–water partition coefficient (Wildman–Crippen LogP) is 7.12. The van der Waals surface area contributed by atoms with Crippen molar-refractivity contribution in [2.45, 2.75) is 27.7 Å². The van der Waals surface area contributed by atoms with Gasteiger partial charge in [-0.3, -0.25) is 0 Å². The molecule has 0 unspecified atom stereocenters. The standard InChI is InChI=1S/2C12H12N2.2C4H10O/c13-11-5-1-9(2-6-11)10-3-7-12(14)8-4-10;13-11-6-4-9(5-7-11)10-2-1-3-12(14)8-10;2*1-3-5-4-2/h2*1-8H,13-14H2;2*3-4H2,1-2H3. The van der Waals surface area contributed by atoms with Gasteiger partial charge in [0.2, 0.25) is 0 Å². The first-order valence-electron chi connectivity index (χ1n) is 12.9. The molecule has 0 spiro atoms. The van der Waals surface area contributed by atoms with Crippen molar-refractivity contribution in [2.75, 3.05) is 49.4 Å². The Hall–Kier alpha value is -4.00. The quantitative estimate of drug-likeness (QED) is 0.202. The number of nitrogens with two attached hydrogens (primary N) is 4. The fourth-order valence-electron chi connectivity index (χ4n) is 3.15. The summed E-state index contributed by atoms with van der Waals surface area (Å²) in [7, 11) is 0. The van der Waals surface area contributed by atoms with E-state index in [2.05, 4.69) is 0 Å². The minimum atomic E-state index is 0.776. The van der Waals surface area contributed by atoms with Crippen LogP contribution in [0.1, 0.15) is 27.7 Å². The lowest BCUT2D eigenvalue weighted by molar-refractivity contribution is 0.162. The Bertz CT molecular complexity index is 1080. The molecule has 0 fully saturated rings. The fraction of sp³-hybridized carbons (Fsp3) is 0.250. The highest BCUT2D eigenvalue weighted by molar-refractivity contribution is 5.69. The minimum Gasteiger partial charge on any atom is -0.399 e. The highest BCUT2D eigenvalue weighted by Gasteiger charge is 1.97. The Balaban J connectivity index is 0.000000284. The summed E-state index contributed by atoms with van der Waals surface area (Å²) in [5.74, 6) is 0. The third kappa shape index (κ3) is 13.3. The molecule has 6 heteroatoms. The molecule has 0 heterocycles. The van der Waals surface area contributed by atoms with E-state index >= 15 is 0 Å². The summed E-state index contributed by atoms with van der Waals surface area (Å²) in [4.78, 5) is 0. The second kappa shape index (κ2) is 19.2. The summed E-state index contributed by atoms with van der Waals surface area (Å²) in [6.07, 6.45) is 0. The van der Waals surface area contributed by atoms with Crippen molar-refractivity contribution in [2.24, 2.45) is 0 Å². The van der Waals surface area contributed by atoms with Gasteiger partial charge in [-0.25, -0.2) is 0 Å². The smallest absolute Gasteiger partial charge is 0.0437 e. The molecule has 0 aliphatic carbocycles. The molecule has 0 aromatic heterocycles. The molecule has 6 nitrogen and oxygen atoms in total. The van der Waals surface area contributed by atoms with Crippen molar-refractivity contribution in [1.29, 1.82) is 0 Å². The zero-order valence-corrected chi connectivity index (χ0v) is 23.2. The lowest BCUT2D eigenvalue weighted by atomic mass is 10.1. The first-order chi connectivity index (χ1) is 18.3. The van der Waals surface area contributed by atoms with Crippen LogP contribution in [0.25, 0.3) is 22.3 Å². The maximum absolute atomic E-state index is 5.70. The van der Waals surface area contributed by atoms with Crippen molar-refractivity contribution in [1.82, 2.24) is 0 Å². The molecule has 204 valence electrons. The molecule has 0 saturated carbocycles. The first-order valence-corrected chi connectivity index (χ1v) is 12.9. The van der Waals surface area contributed by atoms with Crippen LogP contribution in [-0.4, -0.2) is 26.4 Å². The number of ether oxygens (including phenoxy) is 2. The molecule has 0 atom stereocenters. The van der Waals surface area contributed by atoms with Gasteiger partial charge in [0.05, 0.1) is 0 Å². The average molecular weight is 517 g/mol. The van der Waals surface area contributed by atoms with Crippen LogP contribution >= 0.6 is 0 Å². The summed E-state index contributed by atoms with van der Waals surface area (Å²) >= 11 is 0. The molecule has 0 radical (unpaired) electrons. The van der Waals surface area contributed by atoms with E-state index in [4.69, 9.17) is 32.4 Å². The Morgan fingerprint density at radius 1 is 0.395 bits per heavy atom. The van der Waals surface area contributed by atoms with Crippen LogP contribution in [0, 0.1) is 0 Å². The molecular formula is C32H44N4O2. The molecule has 0 amide bonds. The molecule has 0 aliphatic heterocycles. The van der Waals surface area contributed by atoms with E-state index in [1.807, 2.05) is 125 Å². The summed E-state index contributed by atoms with van der Waals surface area (Å²) in [6.45, 7) is 11.3. The Kier molecular flexibility index (Phi) is 16.1. The van der Waals surface area contributed by atoms with Gasteiger partial charge in [-0.15, -0.1) is 0 Å². The molecular weight excluding hydrogens is 472 g/mol. The van der Waals surface area contributed by atoms with Crippen LogP contribution in [0.5, 0.6) is 0 Å². The van der Waals surface area contributed by atoms with Crippen molar-refractivity contribution >= 4 is 22.7 Å². The third-order valence-corrected chi connectivity index (χ3v) is 5.10. The number of anilines is 4. The summed E-state index contributed by atoms with van der Waals surface area (Å²) < 4.78 is 9.67. The van der Waals surface area contributed by atoms with Gasteiger partial charge in [0.15, 0.2) is 0 Å². The van der Waals surface area contributed by atoms with Gasteiger partial charge in [0, 0.05) is 49.2 Å². The first kappa shape index (κ1) is 32.0. The van der Waals surface area contributed by atoms with E-state index < -0.39 is 0 Å². The average Bonchev–Trinajstić information content (AvgIpc) is 2.92. The number of hydrogen-bond donors (Lipinski definition) is 4. The van der Waals surface area contributed by atoms with Crippen molar-refractivity contribution in [3.8, 4) is 22.3 Å². The molecule has 4 rings (SSSR count). The second-order valence-electron chi connectivity index (χ2n) is 8.05. The predicted molar refractivity (Wildman–Crippen MR) is 166 cm³/mol. The van der Waals surface area contributed by atoms with Gasteiger partial charge in [0.25, 0.3) is 0 Å². The molecule has 38 heavy (non-hydrogen) atoms. The number of nitrogen functional groups attached to an aromatic ring is 4. The number of benzene rings is 4. The summed E-state index contributed by atoms with van der Waals surface area (Å²) in [6, 6.07) is 31.1. The molecule has 0 bridgehead atoms. The van der Waals surface area contributed by atoms with E-state index in [1.165, 1.54) is 0 Å².